The van der Waals surface area contributed by atoms with Gasteiger partial charge in [-0.05, 0) is 79.8 Å². The summed E-state index contributed by atoms with van der Waals surface area (Å²) in [5.41, 5.74) is 6.39. The maximum atomic E-state index is 13.2. The molecular weight excluding hydrogens is 412 g/mol. The number of benzene rings is 2. The molecule has 6 heteroatoms. The minimum atomic E-state index is -0.0991. The Bertz CT molecular complexity index is 1190. The first kappa shape index (κ1) is 21.2. The van der Waals surface area contributed by atoms with Crippen molar-refractivity contribution in [3.63, 3.8) is 0 Å². The molecule has 1 fully saturated rings. The summed E-state index contributed by atoms with van der Waals surface area (Å²) in [4.78, 5) is 34.4. The van der Waals surface area contributed by atoms with Crippen molar-refractivity contribution in [3.8, 4) is 0 Å². The number of aromatic nitrogens is 1. The van der Waals surface area contributed by atoms with E-state index in [-0.39, 0.29) is 18.2 Å². The fraction of sp³-hybridized carbons (Fsp3) is 0.296. The number of carbonyl (C=O) groups excluding carboxylic acids is 2. The topological polar surface area (TPSA) is 65.5 Å². The minimum absolute atomic E-state index is 0.0409. The molecule has 5 rings (SSSR count). The van der Waals surface area contributed by atoms with Crippen molar-refractivity contribution in [1.29, 1.82) is 0 Å². The summed E-state index contributed by atoms with van der Waals surface area (Å²) in [6, 6.07) is 17.4. The molecule has 0 radical (unpaired) electrons. The summed E-state index contributed by atoms with van der Waals surface area (Å²) in [5.74, 6) is -0.0583. The number of nitrogens with zero attached hydrogens (tertiary/aromatic N) is 3. The van der Waals surface area contributed by atoms with Crippen molar-refractivity contribution in [2.75, 3.05) is 34.8 Å². The van der Waals surface area contributed by atoms with Gasteiger partial charge in [-0.2, -0.15) is 0 Å². The van der Waals surface area contributed by atoms with Gasteiger partial charge in [0.25, 0.3) is 5.91 Å². The number of carbonyl (C=O) groups is 2. The van der Waals surface area contributed by atoms with Crippen LogP contribution in [0.15, 0.2) is 60.8 Å². The average molecular weight is 441 g/mol. The van der Waals surface area contributed by atoms with E-state index < -0.39 is 0 Å². The summed E-state index contributed by atoms with van der Waals surface area (Å²) in [5, 5.41) is 3.08. The zero-order valence-electron chi connectivity index (χ0n) is 18.9. The van der Waals surface area contributed by atoms with E-state index in [4.69, 9.17) is 0 Å². The Morgan fingerprint density at radius 3 is 2.61 bits per heavy atom. The fourth-order valence-electron chi connectivity index (χ4n) is 4.74. The summed E-state index contributed by atoms with van der Waals surface area (Å²) < 4.78 is 0. The Morgan fingerprint density at radius 1 is 0.970 bits per heavy atom. The molecule has 2 aromatic carbocycles. The van der Waals surface area contributed by atoms with Crippen LogP contribution in [0.2, 0.25) is 0 Å². The second-order valence-electron chi connectivity index (χ2n) is 8.81. The Balaban J connectivity index is 1.32. The van der Waals surface area contributed by atoms with Crippen molar-refractivity contribution in [3.05, 3.63) is 83.2 Å². The lowest BCUT2D eigenvalue weighted by atomic mass is 10.1. The van der Waals surface area contributed by atoms with Crippen LogP contribution < -0.4 is 15.1 Å². The monoisotopic (exact) mass is 440 g/mol. The number of rotatable bonds is 5. The van der Waals surface area contributed by atoms with Crippen molar-refractivity contribution in [2.24, 2.45) is 0 Å². The highest BCUT2D eigenvalue weighted by Gasteiger charge is 2.26. The first-order valence-corrected chi connectivity index (χ1v) is 11.6. The fourth-order valence-corrected chi connectivity index (χ4v) is 4.74. The molecule has 33 heavy (non-hydrogen) atoms. The molecule has 168 valence electrons. The standard InChI is InChI=1S/C27H28N4O2/c1-19-7-9-23(25(16-19)30-13-4-5-14-30)27(33)29-22-8-10-24-20(17-22)11-15-31(24)26(32)18-21-6-2-3-12-28-21/h2-3,6-10,12,16-17H,4-5,11,13-15,18H2,1H3,(H,29,33). The van der Waals surface area contributed by atoms with Gasteiger partial charge in [0.15, 0.2) is 0 Å². The molecular formula is C27H28N4O2. The molecule has 6 nitrogen and oxygen atoms in total. The van der Waals surface area contributed by atoms with Gasteiger partial charge in [0.05, 0.1) is 12.0 Å². The van der Waals surface area contributed by atoms with E-state index in [0.29, 0.717) is 12.1 Å². The largest absolute Gasteiger partial charge is 0.371 e. The van der Waals surface area contributed by atoms with E-state index >= 15 is 0 Å². The smallest absolute Gasteiger partial charge is 0.257 e. The van der Waals surface area contributed by atoms with Gasteiger partial charge in [-0.25, -0.2) is 0 Å². The van der Waals surface area contributed by atoms with Crippen molar-refractivity contribution in [1.82, 2.24) is 4.98 Å². The summed E-state index contributed by atoms with van der Waals surface area (Å²) in [7, 11) is 0. The minimum Gasteiger partial charge on any atom is -0.371 e. The van der Waals surface area contributed by atoms with Gasteiger partial charge >= 0.3 is 0 Å². The molecule has 3 heterocycles. The van der Waals surface area contributed by atoms with Crippen LogP contribution in [0, 0.1) is 6.92 Å². The molecule has 2 amide bonds. The third kappa shape index (κ3) is 4.46. The number of amides is 2. The molecule has 2 aliphatic rings. The van der Waals surface area contributed by atoms with Crippen molar-refractivity contribution in [2.45, 2.75) is 32.6 Å². The lowest BCUT2D eigenvalue weighted by molar-refractivity contribution is -0.117. The van der Waals surface area contributed by atoms with Crippen LogP contribution in [0.4, 0.5) is 17.1 Å². The van der Waals surface area contributed by atoms with Crippen LogP contribution in [-0.4, -0.2) is 36.4 Å². The van der Waals surface area contributed by atoms with Gasteiger partial charge in [0.1, 0.15) is 0 Å². The normalized spacial score (nSPS) is 14.9. The Labute approximate surface area is 194 Å². The number of fused-ring (bicyclic) bond motifs is 1. The third-order valence-corrected chi connectivity index (χ3v) is 6.44. The number of hydrogen-bond donors (Lipinski definition) is 1. The lowest BCUT2D eigenvalue weighted by Gasteiger charge is -2.22. The highest BCUT2D eigenvalue weighted by Crippen LogP contribution is 2.32. The zero-order chi connectivity index (χ0) is 22.8. The van der Waals surface area contributed by atoms with Crippen LogP contribution in [0.25, 0.3) is 0 Å². The molecule has 3 aromatic rings. The second-order valence-corrected chi connectivity index (χ2v) is 8.81. The quantitative estimate of drug-likeness (QED) is 0.640. The molecule has 0 atom stereocenters. The van der Waals surface area contributed by atoms with Gasteiger partial charge in [0, 0.05) is 48.6 Å². The molecule has 2 aliphatic heterocycles. The predicted octanol–water partition coefficient (Wildman–Crippen LogP) is 4.37. The highest BCUT2D eigenvalue weighted by atomic mass is 16.2. The van der Waals surface area contributed by atoms with E-state index in [1.54, 1.807) is 6.20 Å². The molecule has 1 aromatic heterocycles. The number of aryl methyl sites for hydroxylation is 1. The Kier molecular flexibility index (Phi) is 5.82. The maximum absolute atomic E-state index is 13.2. The van der Waals surface area contributed by atoms with E-state index in [1.165, 1.54) is 0 Å². The van der Waals surface area contributed by atoms with E-state index in [1.807, 2.05) is 53.4 Å². The SMILES string of the molecule is Cc1ccc(C(=O)Nc2ccc3c(c2)CCN3C(=O)Cc2ccccn2)c(N2CCCC2)c1. The first-order valence-electron chi connectivity index (χ1n) is 11.6. The third-order valence-electron chi connectivity index (χ3n) is 6.44. The molecule has 0 saturated carbocycles. The highest BCUT2D eigenvalue weighted by molar-refractivity contribution is 6.08. The molecule has 1 saturated heterocycles. The lowest BCUT2D eigenvalue weighted by Crippen LogP contribution is -2.30. The van der Waals surface area contributed by atoms with Gasteiger partial charge in [0.2, 0.25) is 5.91 Å². The molecule has 0 unspecified atom stereocenters. The van der Waals surface area contributed by atoms with E-state index in [0.717, 1.165) is 66.2 Å². The van der Waals surface area contributed by atoms with Crippen LogP contribution in [0.1, 0.15) is 40.0 Å². The number of pyridine rings is 1. The summed E-state index contributed by atoms with van der Waals surface area (Å²) >= 11 is 0. The van der Waals surface area contributed by atoms with Gasteiger partial charge in [-0.15, -0.1) is 0 Å². The van der Waals surface area contributed by atoms with Crippen LogP contribution in [0.5, 0.6) is 0 Å². The van der Waals surface area contributed by atoms with Crippen LogP contribution >= 0.6 is 0 Å². The summed E-state index contributed by atoms with van der Waals surface area (Å²) in [6.07, 6.45) is 5.09. The number of hydrogen-bond acceptors (Lipinski definition) is 4. The van der Waals surface area contributed by atoms with E-state index in [2.05, 4.69) is 28.2 Å². The first-order chi connectivity index (χ1) is 16.1. The number of anilines is 3. The predicted molar refractivity (Wildman–Crippen MR) is 131 cm³/mol. The summed E-state index contributed by atoms with van der Waals surface area (Å²) in [6.45, 7) is 4.69. The van der Waals surface area contributed by atoms with Crippen LogP contribution in [0.3, 0.4) is 0 Å². The molecule has 0 spiro atoms. The van der Waals surface area contributed by atoms with E-state index in [9.17, 15) is 9.59 Å². The average Bonchev–Trinajstić information content (AvgIpc) is 3.50. The van der Waals surface area contributed by atoms with Gasteiger partial charge < -0.3 is 15.1 Å². The molecule has 1 N–H and O–H groups in total. The van der Waals surface area contributed by atoms with Crippen LogP contribution in [-0.2, 0) is 17.6 Å². The Hall–Kier alpha value is -3.67. The zero-order valence-corrected chi connectivity index (χ0v) is 18.9. The second kappa shape index (κ2) is 9.06. The van der Waals surface area contributed by atoms with Gasteiger partial charge in [-0.3, -0.25) is 14.6 Å². The maximum Gasteiger partial charge on any atom is 0.257 e. The molecule has 0 aliphatic carbocycles. The Morgan fingerprint density at radius 2 is 1.82 bits per heavy atom. The number of nitrogens with one attached hydrogen (secondary N) is 1. The van der Waals surface area contributed by atoms with Crippen molar-refractivity contribution >= 4 is 28.9 Å². The van der Waals surface area contributed by atoms with Crippen molar-refractivity contribution < 1.29 is 9.59 Å². The van der Waals surface area contributed by atoms with Gasteiger partial charge in [-0.1, -0.05) is 12.1 Å². The molecule has 0 bridgehead atoms.